The Bertz CT molecular complexity index is 1070. The lowest BCUT2D eigenvalue weighted by Gasteiger charge is -2.14. The van der Waals surface area contributed by atoms with Crippen molar-refractivity contribution in [2.45, 2.75) is 30.2 Å². The van der Waals surface area contributed by atoms with Crippen LogP contribution < -0.4 is 5.32 Å². The first-order valence-electron chi connectivity index (χ1n) is 8.71. The molecule has 0 radical (unpaired) electrons. The number of methoxy groups -OCH3 is 1. The number of rotatable bonds is 7. The van der Waals surface area contributed by atoms with E-state index in [1.165, 1.54) is 11.3 Å². The molecule has 0 aliphatic carbocycles. The maximum Gasteiger partial charge on any atom is 0.266 e. The third kappa shape index (κ3) is 3.76. The summed E-state index contributed by atoms with van der Waals surface area (Å²) < 4.78 is 33.7. The largest absolute Gasteiger partial charge is 0.383 e. The smallest absolute Gasteiger partial charge is 0.266 e. The second-order valence-electron chi connectivity index (χ2n) is 6.28. The number of amides is 1. The van der Waals surface area contributed by atoms with Crippen LogP contribution in [0.1, 0.15) is 20.9 Å². The highest BCUT2D eigenvalue weighted by Gasteiger charge is 2.30. The zero-order valence-electron chi connectivity index (χ0n) is 15.9. The summed E-state index contributed by atoms with van der Waals surface area (Å²) in [7, 11) is -2.23. The summed E-state index contributed by atoms with van der Waals surface area (Å²) in [6, 6.07) is 11.7. The Labute approximate surface area is 168 Å². The van der Waals surface area contributed by atoms with Gasteiger partial charge in [0.05, 0.1) is 16.4 Å². The summed E-state index contributed by atoms with van der Waals surface area (Å²) in [6.07, 6.45) is 0. The van der Waals surface area contributed by atoms with Crippen LogP contribution >= 0.6 is 11.3 Å². The zero-order chi connectivity index (χ0) is 20.3. The molecule has 1 aromatic carbocycles. The molecule has 0 bridgehead atoms. The van der Waals surface area contributed by atoms with Gasteiger partial charge in [0.1, 0.15) is 10.7 Å². The topological polar surface area (TPSA) is 77.4 Å². The molecule has 8 heteroatoms. The molecule has 28 heavy (non-hydrogen) atoms. The van der Waals surface area contributed by atoms with Crippen molar-refractivity contribution in [1.29, 1.82) is 0 Å². The van der Waals surface area contributed by atoms with E-state index in [9.17, 15) is 13.2 Å². The summed E-state index contributed by atoms with van der Waals surface area (Å²) in [5, 5.41) is 4.63. The molecule has 1 N–H and O–H groups in total. The third-order valence-corrected chi connectivity index (χ3v) is 7.39. The summed E-state index contributed by atoms with van der Waals surface area (Å²) in [5.41, 5.74) is 1.38. The van der Waals surface area contributed by atoms with Gasteiger partial charge in [-0.25, -0.2) is 8.42 Å². The number of nitrogens with zero attached hydrogens (tertiary/aromatic N) is 1. The molecule has 3 aromatic rings. The lowest BCUT2D eigenvalue weighted by atomic mass is 10.3. The van der Waals surface area contributed by atoms with Crippen LogP contribution in [0, 0.1) is 13.8 Å². The van der Waals surface area contributed by atoms with Gasteiger partial charge in [-0.3, -0.25) is 4.79 Å². The SMILES string of the molecule is COCCn1c(C)c(C)c(S(=O)(=O)c2ccccc2)c1NC(=O)c1cccs1. The summed E-state index contributed by atoms with van der Waals surface area (Å²) in [6.45, 7) is 4.42. The zero-order valence-corrected chi connectivity index (χ0v) is 17.6. The minimum atomic E-state index is -3.81. The number of nitrogens with one attached hydrogen (secondary N) is 1. The predicted octanol–water partition coefficient (Wildman–Crippen LogP) is 3.90. The highest BCUT2D eigenvalue weighted by atomic mass is 32.2. The fraction of sp³-hybridized carbons (Fsp3) is 0.250. The van der Waals surface area contributed by atoms with E-state index in [-0.39, 0.29) is 21.5 Å². The Kier molecular flexibility index (Phi) is 6.02. The molecule has 2 aromatic heterocycles. The maximum atomic E-state index is 13.4. The Morgan fingerprint density at radius 1 is 1.14 bits per heavy atom. The average molecular weight is 419 g/mol. The average Bonchev–Trinajstić information content (AvgIpc) is 3.30. The second kappa shape index (κ2) is 8.30. The van der Waals surface area contributed by atoms with Gasteiger partial charge >= 0.3 is 0 Å². The van der Waals surface area contributed by atoms with Crippen molar-refractivity contribution in [3.05, 3.63) is 64.0 Å². The van der Waals surface area contributed by atoms with E-state index in [0.717, 1.165) is 5.69 Å². The molecule has 0 atom stereocenters. The number of carbonyl (C=O) groups excluding carboxylic acids is 1. The molecule has 0 fully saturated rings. The molecular formula is C20H22N2O4S2. The molecule has 0 unspecified atom stereocenters. The fourth-order valence-corrected chi connectivity index (χ4v) is 5.38. The van der Waals surface area contributed by atoms with Crippen LogP contribution in [-0.2, 0) is 21.1 Å². The summed E-state index contributed by atoms with van der Waals surface area (Å²) in [5.74, 6) is -0.0648. The molecule has 0 aliphatic heterocycles. The molecule has 1 amide bonds. The third-order valence-electron chi connectivity index (χ3n) is 4.59. The van der Waals surface area contributed by atoms with Crippen LogP contribution in [0.3, 0.4) is 0 Å². The van der Waals surface area contributed by atoms with Crippen molar-refractivity contribution in [2.24, 2.45) is 0 Å². The van der Waals surface area contributed by atoms with Gasteiger partial charge in [-0.15, -0.1) is 11.3 Å². The maximum absolute atomic E-state index is 13.4. The number of hydrogen-bond acceptors (Lipinski definition) is 5. The fourth-order valence-electron chi connectivity index (χ4n) is 3.04. The first kappa shape index (κ1) is 20.3. The van der Waals surface area contributed by atoms with Crippen LogP contribution in [-0.4, -0.2) is 32.6 Å². The number of ether oxygens (including phenoxy) is 1. The standard InChI is InChI=1S/C20H22N2O4S2/c1-14-15(2)22(11-12-26-3)19(21-20(23)17-10-7-13-27-17)18(14)28(24,25)16-8-5-4-6-9-16/h4-10,13H,11-12H2,1-3H3,(H,21,23). The number of anilines is 1. The van der Waals surface area contributed by atoms with E-state index < -0.39 is 9.84 Å². The van der Waals surface area contributed by atoms with Gasteiger partial charge in [-0.2, -0.15) is 0 Å². The normalized spacial score (nSPS) is 11.5. The van der Waals surface area contributed by atoms with E-state index in [1.807, 2.05) is 6.92 Å². The molecule has 0 saturated heterocycles. The highest BCUT2D eigenvalue weighted by Crippen LogP contribution is 2.35. The molecular weight excluding hydrogens is 396 g/mol. The molecule has 0 aliphatic rings. The lowest BCUT2D eigenvalue weighted by Crippen LogP contribution is -2.18. The first-order valence-corrected chi connectivity index (χ1v) is 11.1. The Hall–Kier alpha value is -2.42. The van der Waals surface area contributed by atoms with Gasteiger partial charge in [0.2, 0.25) is 9.84 Å². The van der Waals surface area contributed by atoms with E-state index >= 15 is 0 Å². The molecule has 148 valence electrons. The second-order valence-corrected chi connectivity index (χ2v) is 9.11. The number of benzene rings is 1. The highest BCUT2D eigenvalue weighted by molar-refractivity contribution is 7.91. The van der Waals surface area contributed by atoms with Crippen LogP contribution in [0.15, 0.2) is 57.6 Å². The molecule has 3 rings (SSSR count). The van der Waals surface area contributed by atoms with Gasteiger partial charge in [0.15, 0.2) is 0 Å². The molecule has 0 spiro atoms. The van der Waals surface area contributed by atoms with Gasteiger partial charge in [0.25, 0.3) is 5.91 Å². The van der Waals surface area contributed by atoms with E-state index in [4.69, 9.17) is 4.74 Å². The quantitative estimate of drug-likeness (QED) is 0.631. The lowest BCUT2D eigenvalue weighted by molar-refractivity contribution is 0.102. The van der Waals surface area contributed by atoms with Crippen molar-refractivity contribution in [3.63, 3.8) is 0 Å². The van der Waals surface area contributed by atoms with E-state index in [2.05, 4.69) is 5.32 Å². The predicted molar refractivity (Wildman–Crippen MR) is 110 cm³/mol. The van der Waals surface area contributed by atoms with Crippen LogP contribution in [0.5, 0.6) is 0 Å². The van der Waals surface area contributed by atoms with E-state index in [0.29, 0.717) is 23.6 Å². The van der Waals surface area contributed by atoms with Gasteiger partial charge in [0, 0.05) is 19.3 Å². The first-order chi connectivity index (χ1) is 13.4. The van der Waals surface area contributed by atoms with E-state index in [1.54, 1.807) is 66.4 Å². The van der Waals surface area contributed by atoms with Crippen molar-refractivity contribution in [2.75, 3.05) is 19.0 Å². The van der Waals surface area contributed by atoms with Crippen molar-refractivity contribution >= 4 is 32.9 Å². The Balaban J connectivity index is 2.17. The van der Waals surface area contributed by atoms with Crippen LogP contribution in [0.25, 0.3) is 0 Å². The van der Waals surface area contributed by atoms with Crippen molar-refractivity contribution in [3.8, 4) is 0 Å². The molecule has 6 nitrogen and oxygen atoms in total. The Morgan fingerprint density at radius 3 is 2.46 bits per heavy atom. The number of hydrogen-bond donors (Lipinski definition) is 1. The Morgan fingerprint density at radius 2 is 1.86 bits per heavy atom. The minimum absolute atomic E-state index is 0.122. The van der Waals surface area contributed by atoms with Crippen molar-refractivity contribution in [1.82, 2.24) is 4.57 Å². The minimum Gasteiger partial charge on any atom is -0.383 e. The summed E-state index contributed by atoms with van der Waals surface area (Å²) in [4.78, 5) is 13.5. The van der Waals surface area contributed by atoms with Crippen LogP contribution in [0.4, 0.5) is 5.82 Å². The van der Waals surface area contributed by atoms with Gasteiger partial charge in [-0.1, -0.05) is 24.3 Å². The molecule has 0 saturated carbocycles. The van der Waals surface area contributed by atoms with Gasteiger partial charge in [-0.05, 0) is 43.0 Å². The van der Waals surface area contributed by atoms with Crippen molar-refractivity contribution < 1.29 is 17.9 Å². The number of carbonyl (C=O) groups is 1. The van der Waals surface area contributed by atoms with Gasteiger partial charge < -0.3 is 14.6 Å². The number of thiophene rings is 1. The summed E-state index contributed by atoms with van der Waals surface area (Å²) >= 11 is 1.30. The number of sulfone groups is 1. The number of aromatic nitrogens is 1. The van der Waals surface area contributed by atoms with Crippen LogP contribution in [0.2, 0.25) is 0 Å². The molecule has 2 heterocycles. The monoisotopic (exact) mass is 418 g/mol.